The molecule has 0 spiro atoms. The fourth-order valence-electron chi connectivity index (χ4n) is 1.28. The summed E-state index contributed by atoms with van der Waals surface area (Å²) in [5, 5.41) is 2.66. The van der Waals surface area contributed by atoms with Gasteiger partial charge in [-0.05, 0) is 24.1 Å². The third kappa shape index (κ3) is 4.08. The van der Waals surface area contributed by atoms with E-state index in [4.69, 9.17) is 5.73 Å². The van der Waals surface area contributed by atoms with Crippen LogP contribution in [0.2, 0.25) is 0 Å². The maximum atomic E-state index is 12.1. The van der Waals surface area contributed by atoms with Crippen molar-refractivity contribution in [3.8, 4) is 0 Å². The molecule has 1 rings (SSSR count). The number of anilines is 1. The Kier molecular flexibility index (Phi) is 4.24. The van der Waals surface area contributed by atoms with Crippen LogP contribution in [0.5, 0.6) is 0 Å². The van der Waals surface area contributed by atoms with Crippen LogP contribution in [0.3, 0.4) is 0 Å². The van der Waals surface area contributed by atoms with Crippen molar-refractivity contribution in [2.75, 3.05) is 12.0 Å². The van der Waals surface area contributed by atoms with Crippen LogP contribution in [-0.2, 0) is 11.2 Å². The number of rotatable bonds is 4. The van der Waals surface area contributed by atoms with Crippen LogP contribution in [0.15, 0.2) is 24.3 Å². The number of benzene rings is 1. The molecule has 0 aliphatic heterocycles. The molecule has 0 radical (unpaired) electrons. The highest BCUT2D eigenvalue weighted by atomic mass is 19.1. The average Bonchev–Trinajstić information content (AvgIpc) is 2.20. The third-order valence-electron chi connectivity index (χ3n) is 1.97. The van der Waals surface area contributed by atoms with E-state index in [0.717, 1.165) is 11.3 Å². The summed E-state index contributed by atoms with van der Waals surface area (Å²) >= 11 is 0. The van der Waals surface area contributed by atoms with E-state index in [1.165, 1.54) is 6.92 Å². The predicted octanol–water partition coefficient (Wildman–Crippen LogP) is 1.48. The van der Waals surface area contributed by atoms with E-state index < -0.39 is 12.7 Å². The fourth-order valence-corrected chi connectivity index (χ4v) is 1.28. The van der Waals surface area contributed by atoms with Crippen LogP contribution in [0, 0.1) is 0 Å². The predicted molar refractivity (Wildman–Crippen MR) is 58.4 cm³/mol. The summed E-state index contributed by atoms with van der Waals surface area (Å²) in [7, 11) is 0. The Morgan fingerprint density at radius 1 is 1.47 bits per heavy atom. The van der Waals surface area contributed by atoms with Crippen molar-refractivity contribution in [2.24, 2.45) is 5.73 Å². The monoisotopic (exact) mass is 210 g/mol. The first-order valence-corrected chi connectivity index (χ1v) is 4.80. The lowest BCUT2D eigenvalue weighted by molar-refractivity contribution is -0.114. The molecule has 1 aromatic rings. The molecule has 0 aliphatic carbocycles. The molecule has 0 aliphatic rings. The zero-order valence-corrected chi connectivity index (χ0v) is 8.66. The molecule has 0 aromatic heterocycles. The normalized spacial score (nSPS) is 12.2. The summed E-state index contributed by atoms with van der Waals surface area (Å²) < 4.78 is 12.1. The number of hydrogen-bond donors (Lipinski definition) is 2. The Balaban J connectivity index is 2.60. The average molecular weight is 210 g/mol. The number of nitrogens with one attached hydrogen (secondary N) is 1. The Labute approximate surface area is 88.5 Å². The summed E-state index contributed by atoms with van der Waals surface area (Å²) in [6, 6.07) is 6.78. The fraction of sp³-hybridized carbons (Fsp3) is 0.364. The number of carbonyl (C=O) groups excluding carboxylic acids is 1. The Morgan fingerprint density at radius 3 is 2.53 bits per heavy atom. The molecule has 0 saturated carbocycles. The molecule has 0 saturated heterocycles. The standard InChI is InChI=1S/C11H15FN2O/c1-8(15)14-11-4-2-9(3-5-11)6-10(13)7-12/h2-5,10H,6-7,13H2,1H3,(H,14,15)/t10-/m0/s1. The zero-order valence-electron chi connectivity index (χ0n) is 8.66. The second-order valence-corrected chi connectivity index (χ2v) is 3.50. The number of alkyl halides is 1. The van der Waals surface area contributed by atoms with Gasteiger partial charge in [0.25, 0.3) is 0 Å². The van der Waals surface area contributed by atoms with Crippen LogP contribution in [-0.4, -0.2) is 18.6 Å². The lowest BCUT2D eigenvalue weighted by atomic mass is 10.1. The van der Waals surface area contributed by atoms with Crippen molar-refractivity contribution in [2.45, 2.75) is 19.4 Å². The molecular formula is C11H15FN2O. The minimum atomic E-state index is -0.520. The highest BCUT2D eigenvalue weighted by Gasteiger charge is 2.03. The maximum Gasteiger partial charge on any atom is 0.221 e. The lowest BCUT2D eigenvalue weighted by Crippen LogP contribution is -2.24. The van der Waals surface area contributed by atoms with Crippen LogP contribution in [0.1, 0.15) is 12.5 Å². The van der Waals surface area contributed by atoms with Gasteiger partial charge in [-0.3, -0.25) is 4.79 Å². The van der Waals surface area contributed by atoms with Crippen molar-refractivity contribution >= 4 is 11.6 Å². The van der Waals surface area contributed by atoms with E-state index in [0.29, 0.717) is 6.42 Å². The molecule has 3 nitrogen and oxygen atoms in total. The van der Waals surface area contributed by atoms with Gasteiger partial charge in [-0.2, -0.15) is 0 Å². The van der Waals surface area contributed by atoms with Gasteiger partial charge >= 0.3 is 0 Å². The molecule has 15 heavy (non-hydrogen) atoms. The minimum Gasteiger partial charge on any atom is -0.326 e. The van der Waals surface area contributed by atoms with Crippen molar-refractivity contribution in [1.82, 2.24) is 0 Å². The number of nitrogens with two attached hydrogens (primary N) is 1. The first kappa shape index (κ1) is 11.7. The second kappa shape index (κ2) is 5.46. The molecular weight excluding hydrogens is 195 g/mol. The van der Waals surface area contributed by atoms with Crippen LogP contribution in [0.25, 0.3) is 0 Å². The molecule has 0 fully saturated rings. The third-order valence-corrected chi connectivity index (χ3v) is 1.97. The summed E-state index contributed by atoms with van der Waals surface area (Å²) in [5.74, 6) is -0.108. The number of halogens is 1. The molecule has 0 heterocycles. The molecule has 0 bridgehead atoms. The quantitative estimate of drug-likeness (QED) is 0.791. The summed E-state index contributed by atoms with van der Waals surface area (Å²) in [6.45, 7) is 0.931. The lowest BCUT2D eigenvalue weighted by Gasteiger charge is -2.08. The van der Waals surface area contributed by atoms with E-state index in [2.05, 4.69) is 5.32 Å². The number of carbonyl (C=O) groups is 1. The number of hydrogen-bond acceptors (Lipinski definition) is 2. The maximum absolute atomic E-state index is 12.1. The summed E-state index contributed by atoms with van der Waals surface area (Å²) in [5.41, 5.74) is 7.18. The van der Waals surface area contributed by atoms with Crippen LogP contribution < -0.4 is 11.1 Å². The van der Waals surface area contributed by atoms with E-state index >= 15 is 0 Å². The van der Waals surface area contributed by atoms with Crippen molar-refractivity contribution in [1.29, 1.82) is 0 Å². The highest BCUT2D eigenvalue weighted by molar-refractivity contribution is 5.88. The van der Waals surface area contributed by atoms with Crippen LogP contribution >= 0.6 is 0 Å². The first-order chi connectivity index (χ1) is 7.11. The largest absolute Gasteiger partial charge is 0.326 e. The summed E-state index contributed by atoms with van der Waals surface area (Å²) in [6.07, 6.45) is 0.511. The van der Waals surface area contributed by atoms with Gasteiger partial charge in [0.1, 0.15) is 6.67 Å². The molecule has 82 valence electrons. The first-order valence-electron chi connectivity index (χ1n) is 4.80. The molecule has 1 atom stereocenters. The molecule has 4 heteroatoms. The SMILES string of the molecule is CC(=O)Nc1ccc(C[C@H](N)CF)cc1. The van der Waals surface area contributed by atoms with E-state index in [9.17, 15) is 9.18 Å². The van der Waals surface area contributed by atoms with Gasteiger partial charge in [0.15, 0.2) is 0 Å². The van der Waals surface area contributed by atoms with Gasteiger partial charge < -0.3 is 11.1 Å². The molecule has 0 unspecified atom stereocenters. The summed E-state index contributed by atoms with van der Waals surface area (Å²) in [4.78, 5) is 10.7. The minimum absolute atomic E-state index is 0.108. The van der Waals surface area contributed by atoms with Gasteiger partial charge in [0, 0.05) is 18.7 Å². The number of amides is 1. The van der Waals surface area contributed by atoms with Gasteiger partial charge in [-0.15, -0.1) is 0 Å². The Morgan fingerprint density at radius 2 is 2.07 bits per heavy atom. The van der Waals surface area contributed by atoms with Crippen molar-refractivity contribution in [3.05, 3.63) is 29.8 Å². The highest BCUT2D eigenvalue weighted by Crippen LogP contribution is 2.10. The van der Waals surface area contributed by atoms with Gasteiger partial charge in [0.2, 0.25) is 5.91 Å². The molecule has 1 aromatic carbocycles. The molecule has 3 N–H and O–H groups in total. The van der Waals surface area contributed by atoms with Gasteiger partial charge in [0.05, 0.1) is 0 Å². The smallest absolute Gasteiger partial charge is 0.221 e. The second-order valence-electron chi connectivity index (χ2n) is 3.50. The Bertz CT molecular complexity index is 324. The molecule has 1 amide bonds. The van der Waals surface area contributed by atoms with Gasteiger partial charge in [-0.1, -0.05) is 12.1 Å². The van der Waals surface area contributed by atoms with E-state index in [-0.39, 0.29) is 5.91 Å². The van der Waals surface area contributed by atoms with E-state index in [1.54, 1.807) is 12.1 Å². The van der Waals surface area contributed by atoms with Gasteiger partial charge in [-0.25, -0.2) is 4.39 Å². The van der Waals surface area contributed by atoms with Crippen molar-refractivity contribution in [3.63, 3.8) is 0 Å². The Hall–Kier alpha value is -1.42. The van der Waals surface area contributed by atoms with Crippen LogP contribution in [0.4, 0.5) is 10.1 Å². The van der Waals surface area contributed by atoms with Crippen molar-refractivity contribution < 1.29 is 9.18 Å². The zero-order chi connectivity index (χ0) is 11.3. The van der Waals surface area contributed by atoms with E-state index in [1.807, 2.05) is 12.1 Å². The topological polar surface area (TPSA) is 55.1 Å².